The molecule has 0 fully saturated rings. The molecule has 0 spiro atoms. The molecule has 0 saturated heterocycles. The first-order chi connectivity index (χ1) is 11.9. The van der Waals surface area contributed by atoms with Crippen LogP contribution in [0.3, 0.4) is 0 Å². The molecule has 0 N–H and O–H groups in total. The standard InChI is InChI=1S/C22H28O3/c1-15-11-12-19-18(13-15)14-16(2)22(17(3)23)20(19)9-7-5-6-8-10-21(24)25-4/h5-11,18-20H,12-14H2,1-4H3/b6-5+,9-7+,10-8+/t18-,19+,20-/m0/s1. The number of hydrogen-bond acceptors (Lipinski definition) is 3. The van der Waals surface area contributed by atoms with Crippen LogP contribution in [0.1, 0.15) is 40.0 Å². The van der Waals surface area contributed by atoms with Gasteiger partial charge in [0.15, 0.2) is 5.78 Å². The average Bonchev–Trinajstić information content (AvgIpc) is 2.56. The molecule has 0 amide bonds. The molecule has 0 aromatic carbocycles. The Morgan fingerprint density at radius 2 is 1.84 bits per heavy atom. The fraction of sp³-hybridized carbons (Fsp3) is 0.455. The van der Waals surface area contributed by atoms with Crippen molar-refractivity contribution in [2.24, 2.45) is 17.8 Å². The molecule has 0 bridgehead atoms. The molecule has 0 aliphatic heterocycles. The summed E-state index contributed by atoms with van der Waals surface area (Å²) < 4.78 is 4.55. The molecule has 0 aromatic rings. The van der Waals surface area contributed by atoms with E-state index in [1.165, 1.54) is 24.3 Å². The van der Waals surface area contributed by atoms with Gasteiger partial charge in [-0.15, -0.1) is 0 Å². The maximum absolute atomic E-state index is 12.2. The van der Waals surface area contributed by atoms with Gasteiger partial charge in [-0.05, 0) is 51.9 Å². The van der Waals surface area contributed by atoms with Crippen molar-refractivity contribution in [3.05, 3.63) is 59.3 Å². The number of carbonyl (C=O) groups excluding carboxylic acids is 2. The smallest absolute Gasteiger partial charge is 0.330 e. The first kappa shape index (κ1) is 19.2. The van der Waals surface area contributed by atoms with Crippen LogP contribution in [0.2, 0.25) is 0 Å². The van der Waals surface area contributed by atoms with Crippen LogP contribution in [0.25, 0.3) is 0 Å². The molecular weight excluding hydrogens is 312 g/mol. The van der Waals surface area contributed by atoms with Crippen molar-refractivity contribution >= 4 is 11.8 Å². The van der Waals surface area contributed by atoms with Crippen molar-refractivity contribution in [1.82, 2.24) is 0 Å². The Hall–Kier alpha value is -2.16. The van der Waals surface area contributed by atoms with Gasteiger partial charge in [0, 0.05) is 17.6 Å². The van der Waals surface area contributed by atoms with Gasteiger partial charge >= 0.3 is 5.97 Å². The van der Waals surface area contributed by atoms with E-state index in [1.807, 2.05) is 12.2 Å². The van der Waals surface area contributed by atoms with E-state index in [-0.39, 0.29) is 17.7 Å². The third-order valence-corrected chi connectivity index (χ3v) is 5.22. The normalized spacial score (nSPS) is 27.0. The minimum atomic E-state index is -0.370. The number of esters is 1. The molecule has 3 heteroatoms. The summed E-state index contributed by atoms with van der Waals surface area (Å²) in [4.78, 5) is 23.2. The van der Waals surface area contributed by atoms with E-state index >= 15 is 0 Å². The number of carbonyl (C=O) groups is 2. The van der Waals surface area contributed by atoms with Crippen LogP contribution in [-0.2, 0) is 14.3 Å². The van der Waals surface area contributed by atoms with Crippen molar-refractivity contribution in [2.75, 3.05) is 7.11 Å². The Balaban J connectivity index is 2.18. The van der Waals surface area contributed by atoms with Crippen LogP contribution in [-0.4, -0.2) is 18.9 Å². The lowest BCUT2D eigenvalue weighted by molar-refractivity contribution is -0.134. The molecule has 3 nitrogen and oxygen atoms in total. The van der Waals surface area contributed by atoms with E-state index in [1.54, 1.807) is 19.1 Å². The summed E-state index contributed by atoms with van der Waals surface area (Å²) >= 11 is 0. The number of allylic oxidation sites excluding steroid dienone is 9. The van der Waals surface area contributed by atoms with Crippen molar-refractivity contribution in [1.29, 1.82) is 0 Å². The highest BCUT2D eigenvalue weighted by molar-refractivity contribution is 5.95. The van der Waals surface area contributed by atoms with Crippen LogP contribution < -0.4 is 0 Å². The summed E-state index contributed by atoms with van der Waals surface area (Å²) in [6.45, 7) is 5.99. The number of ether oxygens (including phenoxy) is 1. The van der Waals surface area contributed by atoms with E-state index in [2.05, 4.69) is 30.7 Å². The lowest BCUT2D eigenvalue weighted by atomic mass is 9.63. The van der Waals surface area contributed by atoms with Crippen molar-refractivity contribution in [3.8, 4) is 0 Å². The van der Waals surface area contributed by atoms with Gasteiger partial charge in [0.1, 0.15) is 0 Å². The largest absolute Gasteiger partial charge is 0.466 e. The summed E-state index contributed by atoms with van der Waals surface area (Å²) in [5.74, 6) is 1.12. The van der Waals surface area contributed by atoms with E-state index in [9.17, 15) is 9.59 Å². The van der Waals surface area contributed by atoms with Gasteiger partial charge in [-0.2, -0.15) is 0 Å². The molecule has 0 heterocycles. The number of rotatable bonds is 5. The first-order valence-electron chi connectivity index (χ1n) is 8.89. The second kappa shape index (κ2) is 8.80. The number of fused-ring (bicyclic) bond motifs is 1. The second-order valence-electron chi connectivity index (χ2n) is 7.05. The van der Waals surface area contributed by atoms with Crippen LogP contribution in [0.15, 0.2) is 59.3 Å². The molecule has 25 heavy (non-hydrogen) atoms. The number of hydrogen-bond donors (Lipinski definition) is 0. The van der Waals surface area contributed by atoms with E-state index in [0.29, 0.717) is 11.8 Å². The van der Waals surface area contributed by atoms with E-state index in [0.717, 1.165) is 24.8 Å². The predicted molar refractivity (Wildman–Crippen MR) is 101 cm³/mol. The molecule has 2 aliphatic carbocycles. The summed E-state index contributed by atoms with van der Waals surface area (Å²) in [5.41, 5.74) is 3.70. The Morgan fingerprint density at radius 1 is 1.12 bits per heavy atom. The van der Waals surface area contributed by atoms with Gasteiger partial charge in [-0.1, -0.05) is 47.6 Å². The van der Waals surface area contributed by atoms with Crippen molar-refractivity contribution in [2.45, 2.75) is 40.0 Å². The summed E-state index contributed by atoms with van der Waals surface area (Å²) in [6, 6.07) is 0. The Bertz CT molecular complexity index is 673. The molecule has 3 atom stereocenters. The van der Waals surface area contributed by atoms with Crippen molar-refractivity contribution in [3.63, 3.8) is 0 Å². The molecule has 134 valence electrons. The van der Waals surface area contributed by atoms with Gasteiger partial charge in [0.25, 0.3) is 0 Å². The Labute approximate surface area is 150 Å². The number of ketones is 1. The SMILES string of the molecule is COC(=O)/C=C/C=C/C=C/[C@@H]1C(C(C)=O)=C(C)C[C@@H]2CC(C)=CC[C@H]21. The first-order valence-corrected chi connectivity index (χ1v) is 8.89. The van der Waals surface area contributed by atoms with Crippen LogP contribution >= 0.6 is 0 Å². The lowest BCUT2D eigenvalue weighted by Crippen LogP contribution is -2.33. The highest BCUT2D eigenvalue weighted by atomic mass is 16.5. The van der Waals surface area contributed by atoms with Gasteiger partial charge < -0.3 is 4.74 Å². The molecule has 0 saturated carbocycles. The maximum atomic E-state index is 12.2. The van der Waals surface area contributed by atoms with E-state index < -0.39 is 0 Å². The summed E-state index contributed by atoms with van der Waals surface area (Å²) in [5, 5.41) is 0. The number of methoxy groups -OCH3 is 1. The minimum absolute atomic E-state index is 0.176. The Kier molecular flexibility index (Phi) is 6.74. The topological polar surface area (TPSA) is 43.4 Å². The molecule has 2 aliphatic rings. The average molecular weight is 340 g/mol. The third-order valence-electron chi connectivity index (χ3n) is 5.22. The fourth-order valence-corrected chi connectivity index (χ4v) is 4.13. The van der Waals surface area contributed by atoms with Crippen LogP contribution in [0.5, 0.6) is 0 Å². The van der Waals surface area contributed by atoms with Crippen molar-refractivity contribution < 1.29 is 14.3 Å². The molecule has 0 radical (unpaired) electrons. The van der Waals surface area contributed by atoms with Crippen LogP contribution in [0.4, 0.5) is 0 Å². The summed E-state index contributed by atoms with van der Waals surface area (Å²) in [7, 11) is 1.36. The maximum Gasteiger partial charge on any atom is 0.330 e. The van der Waals surface area contributed by atoms with Gasteiger partial charge in [0.2, 0.25) is 0 Å². The molecule has 0 unspecified atom stereocenters. The summed E-state index contributed by atoms with van der Waals surface area (Å²) in [6.07, 6.45) is 16.4. The zero-order valence-corrected chi connectivity index (χ0v) is 15.6. The lowest BCUT2D eigenvalue weighted by Gasteiger charge is -2.41. The molecule has 0 aromatic heterocycles. The van der Waals surface area contributed by atoms with Crippen LogP contribution in [0, 0.1) is 17.8 Å². The Morgan fingerprint density at radius 3 is 2.52 bits per heavy atom. The fourth-order valence-electron chi connectivity index (χ4n) is 4.13. The third kappa shape index (κ3) is 4.91. The van der Waals surface area contributed by atoms with Gasteiger partial charge in [0.05, 0.1) is 7.11 Å². The molecule has 2 rings (SSSR count). The quantitative estimate of drug-likeness (QED) is 0.315. The second-order valence-corrected chi connectivity index (χ2v) is 7.05. The van der Waals surface area contributed by atoms with Gasteiger partial charge in [-0.25, -0.2) is 4.79 Å². The predicted octanol–water partition coefficient (Wildman–Crippen LogP) is 4.73. The zero-order valence-electron chi connectivity index (χ0n) is 15.6. The monoisotopic (exact) mass is 340 g/mol. The van der Waals surface area contributed by atoms with E-state index in [4.69, 9.17) is 0 Å². The number of Topliss-reactive ketones (excluding diaryl/α,β-unsaturated/α-hetero) is 1. The highest BCUT2D eigenvalue weighted by Crippen LogP contribution is 2.46. The molecular formula is C22H28O3. The highest BCUT2D eigenvalue weighted by Gasteiger charge is 2.38. The van der Waals surface area contributed by atoms with Gasteiger partial charge in [-0.3, -0.25) is 4.79 Å². The minimum Gasteiger partial charge on any atom is -0.466 e. The zero-order chi connectivity index (χ0) is 18.4.